The molecule has 2 aliphatic heterocycles. The maximum Gasteiger partial charge on any atom is 0.246 e. The highest BCUT2D eigenvalue weighted by Gasteiger charge is 2.32. The number of nitrogens with zero attached hydrogens (tertiary/aromatic N) is 6. The summed E-state index contributed by atoms with van der Waals surface area (Å²) in [5, 5.41) is 16.0. The van der Waals surface area contributed by atoms with Crippen molar-refractivity contribution in [2.24, 2.45) is 13.0 Å². The molecular formula is C36H31F2N7O3S. The van der Waals surface area contributed by atoms with Gasteiger partial charge < -0.3 is 15.0 Å². The van der Waals surface area contributed by atoms with E-state index < -0.39 is 11.6 Å². The number of pyridine rings is 1. The minimum atomic E-state index is -0.809. The van der Waals surface area contributed by atoms with E-state index in [0.717, 1.165) is 38.3 Å². The fourth-order valence-corrected chi connectivity index (χ4v) is 7.83. The van der Waals surface area contributed by atoms with Gasteiger partial charge in [-0.25, -0.2) is 13.8 Å². The Morgan fingerprint density at radius 3 is 2.78 bits per heavy atom. The van der Waals surface area contributed by atoms with Gasteiger partial charge >= 0.3 is 0 Å². The number of thiophene rings is 1. The first-order chi connectivity index (χ1) is 23.7. The van der Waals surface area contributed by atoms with E-state index in [-0.39, 0.29) is 48.1 Å². The number of ether oxygens (including phenoxy) is 1. The first-order valence-electron chi connectivity index (χ1n) is 15.9. The van der Waals surface area contributed by atoms with E-state index in [0.29, 0.717) is 42.3 Å². The van der Waals surface area contributed by atoms with Crippen molar-refractivity contribution < 1.29 is 23.1 Å². The number of carbonyl (C=O) groups excluding carboxylic acids is 2. The number of hydrogen-bond acceptors (Lipinski definition) is 7. The van der Waals surface area contributed by atoms with Crippen LogP contribution in [0.5, 0.6) is 5.75 Å². The first kappa shape index (κ1) is 30.9. The van der Waals surface area contributed by atoms with Crippen molar-refractivity contribution in [2.75, 3.05) is 19.7 Å². The van der Waals surface area contributed by atoms with Gasteiger partial charge in [0, 0.05) is 77.4 Å². The summed E-state index contributed by atoms with van der Waals surface area (Å²) in [7, 11) is 1.87. The van der Waals surface area contributed by atoms with Crippen molar-refractivity contribution in [3.8, 4) is 39.5 Å². The molecule has 2 aliphatic rings. The average Bonchev–Trinajstić information content (AvgIpc) is 3.89. The zero-order valence-electron chi connectivity index (χ0n) is 26.7. The zero-order chi connectivity index (χ0) is 34.0. The van der Waals surface area contributed by atoms with Gasteiger partial charge in [-0.05, 0) is 36.6 Å². The van der Waals surface area contributed by atoms with Crippen molar-refractivity contribution >= 4 is 44.1 Å². The van der Waals surface area contributed by atoms with E-state index in [9.17, 15) is 14.0 Å². The highest BCUT2D eigenvalue weighted by Crippen LogP contribution is 2.47. The van der Waals surface area contributed by atoms with Gasteiger partial charge in [0.15, 0.2) is 0 Å². The zero-order valence-corrected chi connectivity index (χ0v) is 27.6. The quantitative estimate of drug-likeness (QED) is 0.200. The van der Waals surface area contributed by atoms with Crippen LogP contribution in [0.1, 0.15) is 25.1 Å². The molecule has 2 aromatic carbocycles. The molecule has 6 heterocycles. The van der Waals surface area contributed by atoms with Gasteiger partial charge in [-0.15, -0.1) is 11.3 Å². The molecule has 13 heteroatoms. The number of carbonyl (C=O) groups is 2. The number of rotatable bonds is 7. The standard InChI is InChI=1S/C36H31F2N7O3S/c1-4-31(47)44-8-9-45-28(19(44)2)15-27(42-45)35-33(32-25(38)13-23(37)14-29(32)48-18-20-11-30(46)39-16-20)36-24(7-10-49-36)34(40-35)21-5-6-22-17-43(3)41-26(22)12-21/h4-7,10,12-15,17,19-20H,1,8-9,11,16,18H2,2-3H3,(H,39,46)/t19-,20+/m1/s1. The molecule has 10 nitrogen and oxygen atoms in total. The number of halogens is 2. The summed E-state index contributed by atoms with van der Waals surface area (Å²) in [5.41, 5.74) is 4.40. The van der Waals surface area contributed by atoms with E-state index >= 15 is 4.39 Å². The van der Waals surface area contributed by atoms with E-state index in [1.807, 2.05) is 60.6 Å². The third-order valence-corrected chi connectivity index (χ3v) is 10.2. The molecule has 2 amide bonds. The van der Waals surface area contributed by atoms with E-state index in [1.54, 1.807) is 9.58 Å². The summed E-state index contributed by atoms with van der Waals surface area (Å²) in [4.78, 5) is 31.4. The highest BCUT2D eigenvalue weighted by molar-refractivity contribution is 7.18. The van der Waals surface area contributed by atoms with Gasteiger partial charge in [-0.1, -0.05) is 18.7 Å². The van der Waals surface area contributed by atoms with Crippen LogP contribution < -0.4 is 10.1 Å². The van der Waals surface area contributed by atoms with Crippen LogP contribution in [0.25, 0.3) is 54.8 Å². The number of benzene rings is 2. The summed E-state index contributed by atoms with van der Waals surface area (Å²) in [6.45, 7) is 6.99. The Labute approximate surface area is 283 Å². The van der Waals surface area contributed by atoms with E-state index in [4.69, 9.17) is 14.8 Å². The SMILES string of the molecule is C=CC(=O)N1CCn2nc(-c3nc(-c4ccc5cn(C)nc5c4)c4ccsc4c3-c3c(F)cc(F)cc3OC[C@@H]3CNC(=O)C3)cc2[C@H]1C. The molecule has 6 aromatic rings. The second-order valence-corrected chi connectivity index (χ2v) is 13.4. The predicted octanol–water partition coefficient (Wildman–Crippen LogP) is 6.26. The second-order valence-electron chi connectivity index (χ2n) is 12.5. The van der Waals surface area contributed by atoms with E-state index in [1.165, 1.54) is 23.5 Å². The number of fused-ring (bicyclic) bond motifs is 3. The normalized spacial score (nSPS) is 17.5. The summed E-state index contributed by atoms with van der Waals surface area (Å²) < 4.78 is 41.6. The predicted molar refractivity (Wildman–Crippen MR) is 183 cm³/mol. The largest absolute Gasteiger partial charge is 0.492 e. The van der Waals surface area contributed by atoms with Crippen LogP contribution in [-0.2, 0) is 23.2 Å². The number of nitrogens with one attached hydrogen (secondary N) is 1. The Hall–Kier alpha value is -5.43. The third kappa shape index (κ3) is 5.34. The van der Waals surface area contributed by atoms with Gasteiger partial charge in [-0.2, -0.15) is 10.2 Å². The molecule has 248 valence electrons. The summed E-state index contributed by atoms with van der Waals surface area (Å²) in [6.07, 6.45) is 3.51. The molecule has 0 aliphatic carbocycles. The highest BCUT2D eigenvalue weighted by atomic mass is 32.1. The number of aromatic nitrogens is 5. The average molecular weight is 680 g/mol. The Balaban J connectivity index is 1.35. The van der Waals surface area contributed by atoms with Gasteiger partial charge in [0.05, 0.1) is 41.7 Å². The maximum atomic E-state index is 16.3. The Bertz CT molecular complexity index is 2330. The van der Waals surface area contributed by atoms with Crippen LogP contribution in [0, 0.1) is 17.6 Å². The van der Waals surface area contributed by atoms with Crippen molar-refractivity contribution in [1.29, 1.82) is 0 Å². The van der Waals surface area contributed by atoms with E-state index in [2.05, 4.69) is 17.0 Å². The molecule has 0 radical (unpaired) electrons. The lowest BCUT2D eigenvalue weighted by atomic mass is 9.96. The molecule has 0 bridgehead atoms. The molecule has 49 heavy (non-hydrogen) atoms. The molecule has 1 N–H and O–H groups in total. The molecule has 0 saturated carbocycles. The molecule has 1 saturated heterocycles. The second kappa shape index (κ2) is 11.9. The Morgan fingerprint density at radius 1 is 1.12 bits per heavy atom. The summed E-state index contributed by atoms with van der Waals surface area (Å²) in [6, 6.07) is 11.5. The van der Waals surface area contributed by atoms with Crippen molar-refractivity contribution in [3.63, 3.8) is 0 Å². The molecule has 4 aromatic heterocycles. The lowest BCUT2D eigenvalue weighted by Gasteiger charge is -2.33. The van der Waals surface area contributed by atoms with Crippen LogP contribution in [0.3, 0.4) is 0 Å². The smallest absolute Gasteiger partial charge is 0.246 e. The van der Waals surface area contributed by atoms with Gasteiger partial charge in [-0.3, -0.25) is 19.0 Å². The molecule has 0 unspecified atom stereocenters. The monoisotopic (exact) mass is 679 g/mol. The van der Waals surface area contributed by atoms with Crippen molar-refractivity contribution in [3.05, 3.63) is 84.0 Å². The van der Waals surface area contributed by atoms with Gasteiger partial charge in [0.2, 0.25) is 11.8 Å². The minimum absolute atomic E-state index is 0.0114. The summed E-state index contributed by atoms with van der Waals surface area (Å²) >= 11 is 1.41. The van der Waals surface area contributed by atoms with Crippen molar-refractivity contribution in [2.45, 2.75) is 25.9 Å². The molecule has 8 rings (SSSR count). The number of hydrogen-bond donors (Lipinski definition) is 1. The van der Waals surface area contributed by atoms with Crippen LogP contribution in [0.2, 0.25) is 0 Å². The van der Waals surface area contributed by atoms with Crippen LogP contribution >= 0.6 is 11.3 Å². The van der Waals surface area contributed by atoms with Crippen LogP contribution in [-0.4, -0.2) is 61.0 Å². The lowest BCUT2D eigenvalue weighted by Crippen LogP contribution is -2.40. The number of amides is 2. The fraction of sp³-hybridized carbons (Fsp3) is 0.250. The maximum absolute atomic E-state index is 16.3. The molecular weight excluding hydrogens is 649 g/mol. The van der Waals surface area contributed by atoms with Crippen LogP contribution in [0.15, 0.2) is 66.7 Å². The summed E-state index contributed by atoms with van der Waals surface area (Å²) in [5.74, 6) is -1.99. The topological polar surface area (TPSA) is 107 Å². The molecule has 2 atom stereocenters. The Kier molecular flexibility index (Phi) is 7.51. The first-order valence-corrected chi connectivity index (χ1v) is 16.8. The molecule has 1 fully saturated rings. The van der Waals surface area contributed by atoms with Crippen LogP contribution in [0.4, 0.5) is 8.78 Å². The Morgan fingerprint density at radius 2 is 1.98 bits per heavy atom. The number of aryl methyl sites for hydroxylation is 1. The lowest BCUT2D eigenvalue weighted by molar-refractivity contribution is -0.129. The fourth-order valence-electron chi connectivity index (χ4n) is 6.88. The van der Waals surface area contributed by atoms with Crippen molar-refractivity contribution in [1.82, 2.24) is 34.8 Å². The minimum Gasteiger partial charge on any atom is -0.492 e. The molecule has 0 spiro atoms. The van der Waals surface area contributed by atoms with Gasteiger partial charge in [0.1, 0.15) is 28.8 Å². The van der Waals surface area contributed by atoms with Gasteiger partial charge in [0.25, 0.3) is 0 Å². The third-order valence-electron chi connectivity index (χ3n) is 9.27.